The van der Waals surface area contributed by atoms with Crippen molar-refractivity contribution in [2.75, 3.05) is 18.5 Å². The molecule has 0 spiro atoms. The van der Waals surface area contributed by atoms with E-state index in [0.717, 1.165) is 16.8 Å². The SMILES string of the molecule is CC(=O)OCC(Nc1ccc(C(=N)N)cc1)c1cc(C)cc(OCC(N)=O)c1.Cl. The molecule has 6 N–H and O–H groups in total. The molecule has 1 unspecified atom stereocenters. The van der Waals surface area contributed by atoms with Gasteiger partial charge >= 0.3 is 5.97 Å². The van der Waals surface area contributed by atoms with Gasteiger partial charge in [0.1, 0.15) is 18.2 Å². The first-order valence-electron chi connectivity index (χ1n) is 8.61. The molecule has 2 aromatic carbocycles. The van der Waals surface area contributed by atoms with Crippen LogP contribution in [0.2, 0.25) is 0 Å². The molecule has 0 radical (unpaired) electrons. The van der Waals surface area contributed by atoms with E-state index in [1.165, 1.54) is 6.92 Å². The number of nitrogens with two attached hydrogens (primary N) is 2. The van der Waals surface area contributed by atoms with Gasteiger partial charge in [-0.05, 0) is 54.4 Å². The molecule has 156 valence electrons. The standard InChI is InChI=1S/C20H24N4O4.ClH/c1-12-7-15(9-17(8-12)28-11-19(21)26)18(10-27-13(2)25)24-16-5-3-14(4-6-16)20(22)23;/h3-9,18,24H,10-11H2,1-2H3,(H2,21,26)(H3,22,23);1H. The molecule has 2 aromatic rings. The zero-order valence-electron chi connectivity index (χ0n) is 16.2. The third kappa shape index (κ3) is 7.71. The summed E-state index contributed by atoms with van der Waals surface area (Å²) in [6, 6.07) is 12.2. The van der Waals surface area contributed by atoms with Crippen molar-refractivity contribution in [3.05, 3.63) is 59.2 Å². The van der Waals surface area contributed by atoms with Gasteiger partial charge in [-0.2, -0.15) is 0 Å². The van der Waals surface area contributed by atoms with Gasteiger partial charge < -0.3 is 26.3 Å². The lowest BCUT2D eigenvalue weighted by atomic mass is 10.0. The fourth-order valence-electron chi connectivity index (χ4n) is 2.58. The number of nitrogen functional groups attached to an aromatic ring is 1. The second kappa shape index (κ2) is 10.9. The molecule has 0 aliphatic carbocycles. The van der Waals surface area contributed by atoms with Crippen LogP contribution < -0.4 is 21.5 Å². The highest BCUT2D eigenvalue weighted by molar-refractivity contribution is 5.95. The van der Waals surface area contributed by atoms with Gasteiger partial charge in [0, 0.05) is 18.2 Å². The van der Waals surface area contributed by atoms with E-state index < -0.39 is 11.9 Å². The fraction of sp³-hybridized carbons (Fsp3) is 0.250. The number of nitrogens with one attached hydrogen (secondary N) is 2. The van der Waals surface area contributed by atoms with Crippen LogP contribution in [0.5, 0.6) is 5.75 Å². The van der Waals surface area contributed by atoms with Crippen molar-refractivity contribution in [3.8, 4) is 5.75 Å². The number of rotatable bonds is 9. The van der Waals surface area contributed by atoms with Crippen LogP contribution in [0.4, 0.5) is 5.69 Å². The Morgan fingerprint density at radius 1 is 1.14 bits per heavy atom. The zero-order valence-corrected chi connectivity index (χ0v) is 17.0. The maximum atomic E-state index is 11.3. The normalized spacial score (nSPS) is 11.0. The first-order valence-corrected chi connectivity index (χ1v) is 8.61. The predicted molar refractivity (Wildman–Crippen MR) is 114 cm³/mol. The zero-order chi connectivity index (χ0) is 20.7. The van der Waals surface area contributed by atoms with E-state index in [9.17, 15) is 9.59 Å². The molecule has 0 fully saturated rings. The van der Waals surface area contributed by atoms with Crippen LogP contribution in [0.1, 0.15) is 29.7 Å². The lowest BCUT2D eigenvalue weighted by Crippen LogP contribution is -2.21. The summed E-state index contributed by atoms with van der Waals surface area (Å²) >= 11 is 0. The maximum Gasteiger partial charge on any atom is 0.302 e. The molecular formula is C20H25ClN4O4. The van der Waals surface area contributed by atoms with Crippen LogP contribution in [-0.2, 0) is 14.3 Å². The molecule has 0 aliphatic rings. The molecule has 29 heavy (non-hydrogen) atoms. The van der Waals surface area contributed by atoms with E-state index >= 15 is 0 Å². The van der Waals surface area contributed by atoms with Gasteiger partial charge in [-0.25, -0.2) is 0 Å². The number of esters is 1. The molecule has 9 heteroatoms. The summed E-state index contributed by atoms with van der Waals surface area (Å²) in [5.74, 6) is -0.479. The summed E-state index contributed by atoms with van der Waals surface area (Å²) in [6.07, 6.45) is 0. The molecule has 2 rings (SSSR count). The number of anilines is 1. The first-order chi connectivity index (χ1) is 13.2. The van der Waals surface area contributed by atoms with Crippen molar-refractivity contribution >= 4 is 35.8 Å². The van der Waals surface area contributed by atoms with E-state index in [1.54, 1.807) is 36.4 Å². The lowest BCUT2D eigenvalue weighted by molar-refractivity contribution is -0.141. The Morgan fingerprint density at radius 3 is 2.34 bits per heavy atom. The van der Waals surface area contributed by atoms with Crippen LogP contribution in [0, 0.1) is 12.3 Å². The van der Waals surface area contributed by atoms with Gasteiger partial charge in [0.2, 0.25) is 0 Å². The summed E-state index contributed by atoms with van der Waals surface area (Å²) in [5.41, 5.74) is 13.7. The van der Waals surface area contributed by atoms with Gasteiger partial charge in [-0.15, -0.1) is 12.4 Å². The van der Waals surface area contributed by atoms with E-state index in [-0.39, 0.29) is 37.5 Å². The minimum absolute atomic E-state index is 0. The van der Waals surface area contributed by atoms with E-state index in [4.69, 9.17) is 26.4 Å². The average Bonchev–Trinajstić information content (AvgIpc) is 2.63. The van der Waals surface area contributed by atoms with Crippen LogP contribution in [0.25, 0.3) is 0 Å². The number of carbonyl (C=O) groups is 2. The molecule has 0 saturated carbocycles. The second-order valence-electron chi connectivity index (χ2n) is 6.32. The Bertz CT molecular complexity index is 871. The number of amidine groups is 1. The van der Waals surface area contributed by atoms with Crippen LogP contribution in [-0.4, -0.2) is 30.9 Å². The highest BCUT2D eigenvalue weighted by atomic mass is 35.5. The molecule has 0 aliphatic heterocycles. The molecule has 0 bridgehead atoms. The second-order valence-corrected chi connectivity index (χ2v) is 6.32. The Balaban J connectivity index is 0.00000420. The summed E-state index contributed by atoms with van der Waals surface area (Å²) in [5, 5.41) is 10.8. The smallest absolute Gasteiger partial charge is 0.302 e. The largest absolute Gasteiger partial charge is 0.484 e. The van der Waals surface area contributed by atoms with Crippen molar-refractivity contribution in [3.63, 3.8) is 0 Å². The summed E-state index contributed by atoms with van der Waals surface area (Å²) in [4.78, 5) is 22.3. The number of halogens is 1. The molecule has 0 saturated heterocycles. The van der Waals surface area contributed by atoms with Crippen molar-refractivity contribution in [1.82, 2.24) is 0 Å². The Hall–Kier alpha value is -3.26. The number of benzene rings is 2. The predicted octanol–water partition coefficient (Wildman–Crippen LogP) is 2.28. The van der Waals surface area contributed by atoms with Gasteiger partial charge in [0.25, 0.3) is 5.91 Å². The Labute approximate surface area is 175 Å². The summed E-state index contributed by atoms with van der Waals surface area (Å²) < 4.78 is 10.6. The number of amides is 1. The van der Waals surface area contributed by atoms with E-state index in [1.807, 2.05) is 13.0 Å². The number of hydrogen-bond acceptors (Lipinski definition) is 6. The Morgan fingerprint density at radius 2 is 1.79 bits per heavy atom. The quantitative estimate of drug-likeness (QED) is 0.278. The summed E-state index contributed by atoms with van der Waals surface area (Å²) in [7, 11) is 0. The van der Waals surface area contributed by atoms with Crippen molar-refractivity contribution in [2.24, 2.45) is 11.5 Å². The van der Waals surface area contributed by atoms with E-state index in [2.05, 4.69) is 5.32 Å². The fourth-order valence-corrected chi connectivity index (χ4v) is 2.58. The van der Waals surface area contributed by atoms with Crippen LogP contribution in [0.3, 0.4) is 0 Å². The monoisotopic (exact) mass is 420 g/mol. The molecule has 0 heterocycles. The third-order valence-electron chi connectivity index (χ3n) is 3.85. The van der Waals surface area contributed by atoms with Crippen LogP contribution >= 0.6 is 12.4 Å². The maximum absolute atomic E-state index is 11.3. The van der Waals surface area contributed by atoms with Crippen molar-refractivity contribution < 1.29 is 19.1 Å². The molecule has 1 amide bonds. The van der Waals surface area contributed by atoms with Crippen LogP contribution in [0.15, 0.2) is 42.5 Å². The number of primary amides is 1. The number of aryl methyl sites for hydroxylation is 1. The highest BCUT2D eigenvalue weighted by Crippen LogP contribution is 2.26. The number of ether oxygens (including phenoxy) is 2. The first kappa shape index (κ1) is 23.8. The molecule has 0 aromatic heterocycles. The molecule has 8 nitrogen and oxygen atoms in total. The topological polar surface area (TPSA) is 141 Å². The summed E-state index contributed by atoms with van der Waals surface area (Å²) in [6.45, 7) is 3.11. The highest BCUT2D eigenvalue weighted by Gasteiger charge is 2.16. The van der Waals surface area contributed by atoms with Gasteiger partial charge in [-0.3, -0.25) is 15.0 Å². The minimum atomic E-state index is -0.566. The third-order valence-corrected chi connectivity index (χ3v) is 3.85. The lowest BCUT2D eigenvalue weighted by Gasteiger charge is -2.21. The van der Waals surface area contributed by atoms with Crippen molar-refractivity contribution in [1.29, 1.82) is 5.41 Å². The Kier molecular flexibility index (Phi) is 8.95. The molecule has 1 atom stereocenters. The van der Waals surface area contributed by atoms with E-state index in [0.29, 0.717) is 11.3 Å². The van der Waals surface area contributed by atoms with Gasteiger partial charge in [0.15, 0.2) is 6.61 Å². The average molecular weight is 421 g/mol. The minimum Gasteiger partial charge on any atom is -0.484 e. The molecular weight excluding hydrogens is 396 g/mol. The number of hydrogen-bond donors (Lipinski definition) is 4. The number of carbonyl (C=O) groups excluding carboxylic acids is 2. The van der Waals surface area contributed by atoms with Gasteiger partial charge in [-0.1, -0.05) is 6.07 Å². The van der Waals surface area contributed by atoms with Crippen molar-refractivity contribution in [2.45, 2.75) is 19.9 Å². The van der Waals surface area contributed by atoms with Gasteiger partial charge in [0.05, 0.1) is 6.04 Å².